The summed E-state index contributed by atoms with van der Waals surface area (Å²) in [6, 6.07) is 0. The van der Waals surface area contributed by atoms with Gasteiger partial charge in [-0.05, 0) is 0 Å². The fraction of sp³-hybridized carbons (Fsp3) is 0.125. The fourth-order valence-electron chi connectivity index (χ4n) is 1.48. The summed E-state index contributed by atoms with van der Waals surface area (Å²) in [7, 11) is -3.82. The maximum atomic E-state index is 12.2. The third kappa shape index (κ3) is 2.23. The number of aromatic nitrogens is 4. The van der Waals surface area contributed by atoms with E-state index in [0.29, 0.717) is 4.96 Å². The second kappa shape index (κ2) is 4.56. The first kappa shape index (κ1) is 12.5. The molecule has 0 bridgehead atoms. The van der Waals surface area contributed by atoms with Crippen molar-refractivity contribution in [2.75, 3.05) is 0 Å². The Kier molecular flexibility index (Phi) is 3.01. The number of hydrogen-bond acceptors (Lipinski definition) is 7. The lowest BCUT2D eigenvalue weighted by molar-refractivity contribution is 0.409. The van der Waals surface area contributed by atoms with Crippen molar-refractivity contribution in [3.05, 3.63) is 28.9 Å². The quantitative estimate of drug-likeness (QED) is 0.766. The Morgan fingerprint density at radius 2 is 2.37 bits per heavy atom. The Bertz CT molecular complexity index is 807. The van der Waals surface area contributed by atoms with Gasteiger partial charge in [0.1, 0.15) is 0 Å². The average Bonchev–Trinajstić information content (AvgIpc) is 3.01. The maximum Gasteiger partial charge on any atom is 0.260 e. The Hall–Kier alpha value is -1.49. The average molecular weight is 320 g/mol. The van der Waals surface area contributed by atoms with Gasteiger partial charge < -0.3 is 4.52 Å². The first-order valence-corrected chi connectivity index (χ1v) is 7.68. The van der Waals surface area contributed by atoms with Crippen LogP contribution in [-0.2, 0) is 16.6 Å². The van der Waals surface area contributed by atoms with Crippen molar-refractivity contribution < 1.29 is 12.9 Å². The molecule has 3 rings (SSSR count). The molecule has 8 nitrogen and oxygen atoms in total. The molecule has 0 atom stereocenters. The zero-order valence-corrected chi connectivity index (χ0v) is 11.5. The number of nitrogens with zero attached hydrogens (tertiary/aromatic N) is 4. The Morgan fingerprint density at radius 1 is 1.53 bits per heavy atom. The summed E-state index contributed by atoms with van der Waals surface area (Å²) in [6.45, 7) is -0.0907. The van der Waals surface area contributed by atoms with Crippen LogP contribution in [0.3, 0.4) is 0 Å². The zero-order chi connectivity index (χ0) is 13.5. The van der Waals surface area contributed by atoms with Gasteiger partial charge in [-0.1, -0.05) is 16.8 Å². The summed E-state index contributed by atoms with van der Waals surface area (Å²) in [5, 5.41) is 5.05. The summed E-state index contributed by atoms with van der Waals surface area (Å²) in [4.78, 5) is 8.18. The Morgan fingerprint density at radius 3 is 3.11 bits per heavy atom. The SMILES string of the molecule is O=S(=O)(NCc1ncon1)c1c(Cl)nc2sccn12. The molecule has 3 aromatic heterocycles. The first-order chi connectivity index (χ1) is 9.08. The molecule has 100 valence electrons. The molecule has 11 heteroatoms. The van der Waals surface area contributed by atoms with Crippen LogP contribution in [-0.4, -0.2) is 27.9 Å². The van der Waals surface area contributed by atoms with E-state index in [4.69, 9.17) is 11.6 Å². The number of rotatable bonds is 4. The molecular formula is C8H6ClN5O3S2. The van der Waals surface area contributed by atoms with Crippen molar-refractivity contribution in [2.24, 2.45) is 0 Å². The van der Waals surface area contributed by atoms with Crippen molar-refractivity contribution in [1.82, 2.24) is 24.2 Å². The third-order valence-corrected chi connectivity index (χ3v) is 4.82. The molecular weight excluding hydrogens is 314 g/mol. The van der Waals surface area contributed by atoms with Crippen LogP contribution in [0.1, 0.15) is 5.82 Å². The molecule has 0 saturated carbocycles. The van der Waals surface area contributed by atoms with Crippen LogP contribution in [0.5, 0.6) is 0 Å². The van der Waals surface area contributed by atoms with Crippen LogP contribution in [0, 0.1) is 0 Å². The monoisotopic (exact) mass is 319 g/mol. The van der Waals surface area contributed by atoms with Gasteiger partial charge in [0.2, 0.25) is 6.39 Å². The Balaban J connectivity index is 1.95. The highest BCUT2D eigenvalue weighted by molar-refractivity contribution is 7.89. The van der Waals surface area contributed by atoms with E-state index in [2.05, 4.69) is 24.4 Å². The van der Waals surface area contributed by atoms with Crippen molar-refractivity contribution in [3.8, 4) is 0 Å². The van der Waals surface area contributed by atoms with E-state index in [0.717, 1.165) is 6.39 Å². The molecule has 1 N–H and O–H groups in total. The molecule has 0 saturated heterocycles. The molecule has 0 radical (unpaired) electrons. The molecule has 19 heavy (non-hydrogen) atoms. The smallest absolute Gasteiger partial charge is 0.260 e. The van der Waals surface area contributed by atoms with Gasteiger partial charge in [-0.15, -0.1) is 11.3 Å². The molecule has 0 unspecified atom stereocenters. The van der Waals surface area contributed by atoms with E-state index >= 15 is 0 Å². The summed E-state index contributed by atoms with van der Waals surface area (Å²) < 4.78 is 32.6. The van der Waals surface area contributed by atoms with Gasteiger partial charge in [0.15, 0.2) is 21.0 Å². The van der Waals surface area contributed by atoms with Crippen molar-refractivity contribution in [3.63, 3.8) is 0 Å². The summed E-state index contributed by atoms with van der Waals surface area (Å²) in [6.07, 6.45) is 2.70. The summed E-state index contributed by atoms with van der Waals surface area (Å²) in [5.74, 6) is 0.228. The number of nitrogens with one attached hydrogen (secondary N) is 1. The van der Waals surface area contributed by atoms with Gasteiger partial charge in [-0.2, -0.15) is 4.98 Å². The Labute approximate surface area is 116 Å². The highest BCUT2D eigenvalue weighted by atomic mass is 35.5. The second-order valence-electron chi connectivity index (χ2n) is 3.44. The van der Waals surface area contributed by atoms with Crippen molar-refractivity contribution >= 4 is 37.9 Å². The predicted octanol–water partition coefficient (Wildman–Crippen LogP) is 0.911. The lowest BCUT2D eigenvalue weighted by Crippen LogP contribution is -2.25. The van der Waals surface area contributed by atoms with Crippen LogP contribution in [0.25, 0.3) is 4.96 Å². The molecule has 0 aliphatic rings. The third-order valence-electron chi connectivity index (χ3n) is 2.26. The number of fused-ring (bicyclic) bond motifs is 1. The predicted molar refractivity (Wildman–Crippen MR) is 66.4 cm³/mol. The minimum Gasteiger partial charge on any atom is -0.343 e. The molecule has 0 spiro atoms. The van der Waals surface area contributed by atoms with E-state index in [-0.39, 0.29) is 22.5 Å². The van der Waals surface area contributed by atoms with Crippen molar-refractivity contribution in [2.45, 2.75) is 11.6 Å². The van der Waals surface area contributed by atoms with Gasteiger partial charge in [0.25, 0.3) is 10.0 Å². The molecule has 3 heterocycles. The number of imidazole rings is 1. The highest BCUT2D eigenvalue weighted by Gasteiger charge is 2.25. The molecule has 0 aliphatic carbocycles. The topological polar surface area (TPSA) is 102 Å². The normalized spacial score (nSPS) is 12.3. The van der Waals surface area contributed by atoms with Crippen LogP contribution in [0.2, 0.25) is 5.15 Å². The number of halogens is 1. The molecule has 3 aromatic rings. The van der Waals surface area contributed by atoms with E-state index in [1.807, 2.05) is 0 Å². The van der Waals surface area contributed by atoms with E-state index in [1.165, 1.54) is 15.7 Å². The van der Waals surface area contributed by atoms with Gasteiger partial charge in [-0.3, -0.25) is 4.40 Å². The summed E-state index contributed by atoms with van der Waals surface area (Å²) >= 11 is 7.15. The van der Waals surface area contributed by atoms with Gasteiger partial charge >= 0.3 is 0 Å². The van der Waals surface area contributed by atoms with Crippen LogP contribution < -0.4 is 4.72 Å². The highest BCUT2D eigenvalue weighted by Crippen LogP contribution is 2.25. The lowest BCUT2D eigenvalue weighted by Gasteiger charge is -2.03. The fourth-order valence-corrected chi connectivity index (χ4v) is 3.90. The molecule has 0 fully saturated rings. The minimum atomic E-state index is -3.82. The first-order valence-electron chi connectivity index (χ1n) is 4.94. The second-order valence-corrected chi connectivity index (χ2v) is 6.35. The van der Waals surface area contributed by atoms with Gasteiger partial charge in [0.05, 0.1) is 6.54 Å². The summed E-state index contributed by atoms with van der Waals surface area (Å²) in [5.41, 5.74) is 0. The van der Waals surface area contributed by atoms with Crippen LogP contribution in [0.4, 0.5) is 0 Å². The molecule has 0 amide bonds. The molecule has 0 aliphatic heterocycles. The van der Waals surface area contributed by atoms with Crippen LogP contribution >= 0.6 is 22.9 Å². The number of thiazole rings is 1. The zero-order valence-electron chi connectivity index (χ0n) is 9.15. The van der Waals surface area contributed by atoms with Gasteiger partial charge in [0, 0.05) is 11.6 Å². The van der Waals surface area contributed by atoms with Crippen LogP contribution in [0.15, 0.2) is 27.5 Å². The largest absolute Gasteiger partial charge is 0.343 e. The van der Waals surface area contributed by atoms with E-state index < -0.39 is 10.0 Å². The van der Waals surface area contributed by atoms with Crippen molar-refractivity contribution in [1.29, 1.82) is 0 Å². The molecule has 0 aromatic carbocycles. The lowest BCUT2D eigenvalue weighted by atomic mass is 10.6. The van der Waals surface area contributed by atoms with Gasteiger partial charge in [-0.25, -0.2) is 18.1 Å². The standard InChI is InChI=1S/C8H6ClN5O3S2/c9-6-7(14-1-2-18-8(14)12-6)19(15,16)11-3-5-10-4-17-13-5/h1-2,4,11H,3H2. The number of hydrogen-bond donors (Lipinski definition) is 1. The number of sulfonamides is 1. The van der Waals surface area contributed by atoms with E-state index in [9.17, 15) is 8.42 Å². The minimum absolute atomic E-state index is 0.0764. The maximum absolute atomic E-state index is 12.2. The van der Waals surface area contributed by atoms with E-state index in [1.54, 1.807) is 11.6 Å².